The van der Waals surface area contributed by atoms with Crippen LogP contribution in [0.25, 0.3) is 0 Å². The molecule has 0 bridgehead atoms. The summed E-state index contributed by atoms with van der Waals surface area (Å²) in [4.78, 5) is 11.7. The van der Waals surface area contributed by atoms with Crippen LogP contribution in [0.3, 0.4) is 0 Å². The number of rotatable bonds is 4. The Morgan fingerprint density at radius 2 is 1.81 bits per heavy atom. The van der Waals surface area contributed by atoms with Gasteiger partial charge in [-0.3, -0.25) is 0 Å². The standard InChI is InChI=1S/C15H13Cl2FN2O/c16-12-2-1-3-13(14(12)17)20-15(21)19-9-8-10-4-6-11(18)7-5-10/h1-7H,8-9H2,(H2,19,20,21). The molecule has 21 heavy (non-hydrogen) atoms. The van der Waals surface area contributed by atoms with Gasteiger partial charge >= 0.3 is 6.03 Å². The van der Waals surface area contributed by atoms with Gasteiger partial charge < -0.3 is 10.6 Å². The fourth-order valence-electron chi connectivity index (χ4n) is 1.74. The van der Waals surface area contributed by atoms with Gasteiger partial charge in [0.05, 0.1) is 15.7 Å². The first kappa shape index (κ1) is 15.6. The second kappa shape index (κ2) is 7.29. The molecular weight excluding hydrogens is 314 g/mol. The molecule has 0 saturated carbocycles. The summed E-state index contributed by atoms with van der Waals surface area (Å²) in [5.41, 5.74) is 1.39. The van der Waals surface area contributed by atoms with Crippen molar-refractivity contribution >= 4 is 34.9 Å². The van der Waals surface area contributed by atoms with Crippen molar-refractivity contribution in [2.75, 3.05) is 11.9 Å². The summed E-state index contributed by atoms with van der Waals surface area (Å²) in [6.45, 7) is 0.426. The van der Waals surface area contributed by atoms with Crippen molar-refractivity contribution in [2.24, 2.45) is 0 Å². The van der Waals surface area contributed by atoms with Crippen LogP contribution in [-0.2, 0) is 6.42 Å². The Morgan fingerprint density at radius 3 is 2.52 bits per heavy atom. The van der Waals surface area contributed by atoms with E-state index in [0.717, 1.165) is 5.56 Å². The van der Waals surface area contributed by atoms with Crippen LogP contribution in [0.5, 0.6) is 0 Å². The maximum Gasteiger partial charge on any atom is 0.319 e. The van der Waals surface area contributed by atoms with Crippen molar-refractivity contribution in [1.82, 2.24) is 5.32 Å². The van der Waals surface area contributed by atoms with Crippen LogP contribution in [0.4, 0.5) is 14.9 Å². The predicted octanol–water partition coefficient (Wildman–Crippen LogP) is 4.50. The molecule has 0 radical (unpaired) electrons. The summed E-state index contributed by atoms with van der Waals surface area (Å²) in [6.07, 6.45) is 0.608. The first-order valence-electron chi connectivity index (χ1n) is 6.29. The Labute approximate surface area is 132 Å². The number of hydrogen-bond donors (Lipinski definition) is 2. The molecule has 110 valence electrons. The molecule has 0 aliphatic heterocycles. The fourth-order valence-corrected chi connectivity index (χ4v) is 2.09. The Balaban J connectivity index is 1.82. The number of amides is 2. The third-order valence-electron chi connectivity index (χ3n) is 2.81. The average molecular weight is 327 g/mol. The van der Waals surface area contributed by atoms with Gasteiger partial charge in [0.15, 0.2) is 0 Å². The molecule has 0 aromatic heterocycles. The van der Waals surface area contributed by atoms with Crippen LogP contribution in [0, 0.1) is 5.82 Å². The van der Waals surface area contributed by atoms with E-state index in [0.29, 0.717) is 28.7 Å². The second-order valence-electron chi connectivity index (χ2n) is 4.36. The maximum absolute atomic E-state index is 12.7. The summed E-state index contributed by atoms with van der Waals surface area (Å²) < 4.78 is 12.7. The van der Waals surface area contributed by atoms with Crippen LogP contribution in [0.15, 0.2) is 42.5 Å². The number of halogens is 3. The molecule has 2 N–H and O–H groups in total. The summed E-state index contributed by atoms with van der Waals surface area (Å²) in [7, 11) is 0. The lowest BCUT2D eigenvalue weighted by molar-refractivity contribution is 0.252. The number of carbonyl (C=O) groups is 1. The lowest BCUT2D eigenvalue weighted by Gasteiger charge is -2.09. The Hall–Kier alpha value is -1.78. The van der Waals surface area contributed by atoms with E-state index in [-0.39, 0.29) is 11.8 Å². The van der Waals surface area contributed by atoms with Crippen LogP contribution in [0.2, 0.25) is 10.0 Å². The highest BCUT2D eigenvalue weighted by Gasteiger charge is 2.07. The van der Waals surface area contributed by atoms with E-state index in [1.165, 1.54) is 12.1 Å². The minimum atomic E-state index is -0.374. The number of hydrogen-bond acceptors (Lipinski definition) is 1. The van der Waals surface area contributed by atoms with Crippen molar-refractivity contribution in [3.63, 3.8) is 0 Å². The molecular formula is C15H13Cl2FN2O. The van der Waals surface area contributed by atoms with Crippen molar-refractivity contribution in [1.29, 1.82) is 0 Å². The van der Waals surface area contributed by atoms with Crippen molar-refractivity contribution in [3.8, 4) is 0 Å². The highest BCUT2D eigenvalue weighted by atomic mass is 35.5. The summed E-state index contributed by atoms with van der Waals surface area (Å²) in [5.74, 6) is -0.278. The first-order valence-corrected chi connectivity index (χ1v) is 7.05. The summed E-state index contributed by atoms with van der Waals surface area (Å²) >= 11 is 11.8. The smallest absolute Gasteiger partial charge is 0.319 e. The third kappa shape index (κ3) is 4.62. The number of nitrogens with one attached hydrogen (secondary N) is 2. The number of benzene rings is 2. The monoisotopic (exact) mass is 326 g/mol. The summed E-state index contributed by atoms with van der Waals surface area (Å²) in [5, 5.41) is 5.99. The molecule has 0 aliphatic rings. The molecule has 2 aromatic rings. The zero-order valence-electron chi connectivity index (χ0n) is 11.0. The van der Waals surface area contributed by atoms with E-state index in [1.54, 1.807) is 30.3 Å². The van der Waals surface area contributed by atoms with Gasteiger partial charge in [0.1, 0.15) is 5.82 Å². The van der Waals surface area contributed by atoms with E-state index in [2.05, 4.69) is 10.6 Å². The molecule has 0 spiro atoms. The minimum absolute atomic E-state index is 0.278. The average Bonchev–Trinajstić information content (AvgIpc) is 2.46. The minimum Gasteiger partial charge on any atom is -0.338 e. The van der Waals surface area contributed by atoms with Crippen molar-refractivity contribution in [2.45, 2.75) is 6.42 Å². The van der Waals surface area contributed by atoms with Crippen LogP contribution < -0.4 is 10.6 Å². The number of carbonyl (C=O) groups excluding carboxylic acids is 1. The zero-order chi connectivity index (χ0) is 15.2. The molecule has 0 heterocycles. The SMILES string of the molecule is O=C(NCCc1ccc(F)cc1)Nc1cccc(Cl)c1Cl. The van der Waals surface area contributed by atoms with E-state index in [9.17, 15) is 9.18 Å². The predicted molar refractivity (Wildman–Crippen MR) is 83.6 cm³/mol. The fraction of sp³-hybridized carbons (Fsp3) is 0.133. The van der Waals surface area contributed by atoms with E-state index >= 15 is 0 Å². The highest BCUT2D eigenvalue weighted by molar-refractivity contribution is 6.43. The molecule has 2 rings (SSSR count). The van der Waals surface area contributed by atoms with E-state index < -0.39 is 0 Å². The molecule has 0 aliphatic carbocycles. The molecule has 6 heteroatoms. The Morgan fingerprint density at radius 1 is 1.10 bits per heavy atom. The van der Waals surface area contributed by atoms with Crippen molar-refractivity contribution < 1.29 is 9.18 Å². The molecule has 3 nitrogen and oxygen atoms in total. The van der Waals surface area contributed by atoms with Gasteiger partial charge in [-0.1, -0.05) is 41.4 Å². The largest absolute Gasteiger partial charge is 0.338 e. The molecule has 2 aromatic carbocycles. The van der Waals surface area contributed by atoms with E-state index in [1.807, 2.05) is 0 Å². The molecule has 0 fully saturated rings. The van der Waals surface area contributed by atoms with E-state index in [4.69, 9.17) is 23.2 Å². The van der Waals surface area contributed by atoms with Gasteiger partial charge in [0, 0.05) is 6.54 Å². The van der Waals surface area contributed by atoms with Gasteiger partial charge in [-0.2, -0.15) is 0 Å². The van der Waals surface area contributed by atoms with Gasteiger partial charge in [0.2, 0.25) is 0 Å². The molecule has 0 atom stereocenters. The maximum atomic E-state index is 12.7. The van der Waals surface area contributed by atoms with Crippen molar-refractivity contribution in [3.05, 3.63) is 63.9 Å². The number of anilines is 1. The van der Waals surface area contributed by atoms with Crippen LogP contribution in [-0.4, -0.2) is 12.6 Å². The first-order chi connectivity index (χ1) is 10.1. The summed E-state index contributed by atoms with van der Waals surface area (Å²) in [6, 6.07) is 10.8. The molecule has 0 saturated heterocycles. The normalized spacial score (nSPS) is 10.2. The topological polar surface area (TPSA) is 41.1 Å². The zero-order valence-corrected chi connectivity index (χ0v) is 12.5. The third-order valence-corrected chi connectivity index (χ3v) is 3.63. The quantitative estimate of drug-likeness (QED) is 0.853. The van der Waals surface area contributed by atoms with Gasteiger partial charge in [-0.05, 0) is 36.2 Å². The second-order valence-corrected chi connectivity index (χ2v) is 5.14. The van der Waals surface area contributed by atoms with Gasteiger partial charge in [0.25, 0.3) is 0 Å². The van der Waals surface area contributed by atoms with Gasteiger partial charge in [-0.25, -0.2) is 9.18 Å². The van der Waals surface area contributed by atoms with Gasteiger partial charge in [-0.15, -0.1) is 0 Å². The molecule has 0 unspecified atom stereocenters. The molecule has 2 amide bonds. The lowest BCUT2D eigenvalue weighted by atomic mass is 10.1. The highest BCUT2D eigenvalue weighted by Crippen LogP contribution is 2.29. The Bertz CT molecular complexity index is 632. The lowest BCUT2D eigenvalue weighted by Crippen LogP contribution is -2.30. The van der Waals surface area contributed by atoms with Crippen LogP contribution >= 0.6 is 23.2 Å². The van der Waals surface area contributed by atoms with Crippen LogP contribution in [0.1, 0.15) is 5.56 Å². The number of urea groups is 1. The Kier molecular flexibility index (Phi) is 5.42.